The summed E-state index contributed by atoms with van der Waals surface area (Å²) in [4.78, 5) is 12.0. The third-order valence-corrected chi connectivity index (χ3v) is 5.18. The van der Waals surface area contributed by atoms with Gasteiger partial charge in [0.2, 0.25) is 0 Å². The fraction of sp³-hybridized carbons (Fsp3) is 0.462. The molecule has 0 heterocycles. The maximum atomic E-state index is 12.0. The molecular weight excluding hydrogens is 268 g/mol. The fourth-order valence-corrected chi connectivity index (χ4v) is 3.20. The minimum atomic E-state index is -0.121. The quantitative estimate of drug-likeness (QED) is 0.836. The number of halogens is 1. The largest absolute Gasteiger partial charge is 0.398 e. The number of anilines is 1. The van der Waals surface area contributed by atoms with E-state index in [1.807, 2.05) is 11.8 Å². The predicted molar refractivity (Wildman–Crippen MR) is 78.3 cm³/mol. The Labute approximate surface area is 116 Å². The van der Waals surface area contributed by atoms with Gasteiger partial charge in [-0.1, -0.05) is 18.0 Å². The third-order valence-electron chi connectivity index (χ3n) is 3.53. The van der Waals surface area contributed by atoms with E-state index in [1.54, 1.807) is 18.2 Å². The lowest BCUT2D eigenvalue weighted by Gasteiger charge is -2.40. The first kappa shape index (κ1) is 13.6. The molecule has 0 saturated heterocycles. The lowest BCUT2D eigenvalue weighted by Crippen LogP contribution is -2.45. The number of nitrogens with two attached hydrogens (primary N) is 1. The molecule has 0 atom stereocenters. The lowest BCUT2D eigenvalue weighted by atomic mass is 9.84. The Hall–Kier alpha value is -0.870. The Morgan fingerprint density at radius 2 is 2.28 bits per heavy atom. The minimum Gasteiger partial charge on any atom is -0.398 e. The number of thioether (sulfide) groups is 1. The van der Waals surface area contributed by atoms with Crippen molar-refractivity contribution in [3.05, 3.63) is 28.8 Å². The maximum Gasteiger partial charge on any atom is 0.253 e. The Balaban J connectivity index is 1.99. The first-order valence-corrected chi connectivity index (χ1v) is 7.55. The van der Waals surface area contributed by atoms with Gasteiger partial charge in [0, 0.05) is 22.0 Å². The van der Waals surface area contributed by atoms with E-state index in [0.29, 0.717) is 22.8 Å². The monoisotopic (exact) mass is 284 g/mol. The summed E-state index contributed by atoms with van der Waals surface area (Å²) in [6.45, 7) is 0.703. The van der Waals surface area contributed by atoms with Gasteiger partial charge in [-0.15, -0.1) is 0 Å². The van der Waals surface area contributed by atoms with E-state index < -0.39 is 0 Å². The van der Waals surface area contributed by atoms with Crippen molar-refractivity contribution >= 4 is 35.0 Å². The standard InChI is InChI=1S/C13H17ClN2OS/c1-18-13(5-2-6-13)8-16-12(17)10-4-3-9(14)7-11(10)15/h3-4,7H,2,5-6,8,15H2,1H3,(H,16,17). The highest BCUT2D eigenvalue weighted by molar-refractivity contribution is 8.00. The number of benzene rings is 1. The van der Waals surface area contributed by atoms with Crippen LogP contribution in [0.15, 0.2) is 18.2 Å². The molecule has 1 aliphatic rings. The second kappa shape index (κ2) is 5.41. The van der Waals surface area contributed by atoms with Crippen LogP contribution in [0.4, 0.5) is 5.69 Å². The highest BCUT2D eigenvalue weighted by Gasteiger charge is 2.36. The van der Waals surface area contributed by atoms with E-state index in [9.17, 15) is 4.79 Å². The highest BCUT2D eigenvalue weighted by Crippen LogP contribution is 2.42. The van der Waals surface area contributed by atoms with E-state index in [0.717, 1.165) is 0 Å². The van der Waals surface area contributed by atoms with E-state index >= 15 is 0 Å². The van der Waals surface area contributed by atoms with Gasteiger partial charge >= 0.3 is 0 Å². The summed E-state index contributed by atoms with van der Waals surface area (Å²) < 4.78 is 0.233. The van der Waals surface area contributed by atoms with Gasteiger partial charge < -0.3 is 11.1 Å². The van der Waals surface area contributed by atoms with Crippen LogP contribution in [0, 0.1) is 0 Å². The van der Waals surface area contributed by atoms with E-state index in [4.69, 9.17) is 17.3 Å². The molecule has 18 heavy (non-hydrogen) atoms. The van der Waals surface area contributed by atoms with Crippen LogP contribution in [0.5, 0.6) is 0 Å². The molecule has 0 spiro atoms. The number of amides is 1. The van der Waals surface area contributed by atoms with Gasteiger partial charge in [0.15, 0.2) is 0 Å². The van der Waals surface area contributed by atoms with Crippen molar-refractivity contribution in [3.8, 4) is 0 Å². The average Bonchev–Trinajstić information content (AvgIpc) is 2.27. The van der Waals surface area contributed by atoms with E-state index in [1.165, 1.54) is 19.3 Å². The van der Waals surface area contributed by atoms with Crippen molar-refractivity contribution < 1.29 is 4.79 Å². The molecule has 5 heteroatoms. The predicted octanol–water partition coefficient (Wildman–Crippen LogP) is 2.94. The Morgan fingerprint density at radius 1 is 1.56 bits per heavy atom. The molecule has 98 valence electrons. The van der Waals surface area contributed by atoms with Crippen LogP contribution in [0.3, 0.4) is 0 Å². The number of hydrogen-bond donors (Lipinski definition) is 2. The van der Waals surface area contributed by atoms with Gasteiger partial charge in [0.25, 0.3) is 5.91 Å². The van der Waals surface area contributed by atoms with Crippen LogP contribution >= 0.6 is 23.4 Å². The molecular formula is C13H17ClN2OS. The van der Waals surface area contributed by atoms with Gasteiger partial charge in [-0.05, 0) is 37.3 Å². The Bertz CT molecular complexity index is 455. The summed E-state index contributed by atoms with van der Waals surface area (Å²) in [5.74, 6) is -0.121. The average molecular weight is 285 g/mol. The van der Waals surface area contributed by atoms with Gasteiger partial charge in [-0.2, -0.15) is 11.8 Å². The van der Waals surface area contributed by atoms with Gasteiger partial charge in [-0.3, -0.25) is 4.79 Å². The third kappa shape index (κ3) is 2.75. The zero-order valence-corrected chi connectivity index (χ0v) is 11.9. The van der Waals surface area contributed by atoms with Gasteiger partial charge in [-0.25, -0.2) is 0 Å². The molecule has 2 rings (SSSR count). The van der Waals surface area contributed by atoms with Crippen LogP contribution in [0.25, 0.3) is 0 Å². The number of rotatable bonds is 4. The zero-order valence-electron chi connectivity index (χ0n) is 10.3. The molecule has 3 nitrogen and oxygen atoms in total. The molecule has 0 aromatic heterocycles. The number of nitrogens with one attached hydrogen (secondary N) is 1. The first-order valence-electron chi connectivity index (χ1n) is 5.95. The summed E-state index contributed by atoms with van der Waals surface area (Å²) in [5, 5.41) is 3.52. The molecule has 1 aromatic carbocycles. The molecule has 0 aliphatic heterocycles. The second-order valence-corrected chi connectivity index (χ2v) is 6.37. The van der Waals surface area contributed by atoms with Crippen LogP contribution in [-0.4, -0.2) is 23.5 Å². The summed E-state index contributed by atoms with van der Waals surface area (Å²) in [7, 11) is 0. The summed E-state index contributed by atoms with van der Waals surface area (Å²) in [6, 6.07) is 4.95. The smallest absolute Gasteiger partial charge is 0.253 e. The molecule has 3 N–H and O–H groups in total. The SMILES string of the molecule is CSC1(CNC(=O)c2ccc(Cl)cc2N)CCC1. The fourth-order valence-electron chi connectivity index (χ4n) is 2.10. The second-order valence-electron chi connectivity index (χ2n) is 4.65. The van der Waals surface area contributed by atoms with Crippen molar-refractivity contribution in [3.63, 3.8) is 0 Å². The lowest BCUT2D eigenvalue weighted by molar-refractivity contribution is 0.0945. The molecule has 0 radical (unpaired) electrons. The molecule has 1 aliphatic carbocycles. The summed E-state index contributed by atoms with van der Waals surface area (Å²) in [5.41, 5.74) is 6.71. The van der Waals surface area contributed by atoms with Gasteiger partial charge in [0.05, 0.1) is 5.56 Å². The minimum absolute atomic E-state index is 0.121. The molecule has 1 fully saturated rings. The normalized spacial score (nSPS) is 17.0. The topological polar surface area (TPSA) is 55.1 Å². The van der Waals surface area contributed by atoms with Crippen molar-refractivity contribution in [2.45, 2.75) is 24.0 Å². The maximum absolute atomic E-state index is 12.0. The number of carbonyl (C=O) groups excluding carboxylic acids is 1. The Kier molecular flexibility index (Phi) is 4.07. The van der Waals surface area contributed by atoms with Crippen molar-refractivity contribution in [2.24, 2.45) is 0 Å². The number of hydrogen-bond acceptors (Lipinski definition) is 3. The van der Waals surface area contributed by atoms with Crippen LogP contribution < -0.4 is 11.1 Å². The molecule has 1 aromatic rings. The van der Waals surface area contributed by atoms with Crippen LogP contribution in [-0.2, 0) is 0 Å². The molecule has 1 saturated carbocycles. The molecule has 1 amide bonds. The van der Waals surface area contributed by atoms with Crippen LogP contribution in [0.1, 0.15) is 29.6 Å². The number of carbonyl (C=O) groups is 1. The Morgan fingerprint density at radius 3 is 2.78 bits per heavy atom. The summed E-state index contributed by atoms with van der Waals surface area (Å²) in [6.07, 6.45) is 5.69. The van der Waals surface area contributed by atoms with Crippen LogP contribution in [0.2, 0.25) is 5.02 Å². The van der Waals surface area contributed by atoms with Gasteiger partial charge in [0.1, 0.15) is 0 Å². The zero-order chi connectivity index (χ0) is 13.2. The first-order chi connectivity index (χ1) is 8.56. The highest BCUT2D eigenvalue weighted by atomic mass is 35.5. The van der Waals surface area contributed by atoms with Crippen molar-refractivity contribution in [1.82, 2.24) is 5.32 Å². The number of nitrogen functional groups attached to an aromatic ring is 1. The van der Waals surface area contributed by atoms with E-state index in [-0.39, 0.29) is 10.7 Å². The molecule has 0 unspecified atom stereocenters. The van der Waals surface area contributed by atoms with Crippen molar-refractivity contribution in [1.29, 1.82) is 0 Å². The summed E-state index contributed by atoms with van der Waals surface area (Å²) >= 11 is 7.65. The molecule has 0 bridgehead atoms. The van der Waals surface area contributed by atoms with E-state index in [2.05, 4.69) is 11.6 Å². The van der Waals surface area contributed by atoms with Crippen molar-refractivity contribution in [2.75, 3.05) is 18.5 Å².